The Labute approximate surface area is 126 Å². The lowest BCUT2D eigenvalue weighted by atomic mass is 10.2. The number of hydrogen-bond donors (Lipinski definition) is 2. The molecule has 0 saturated carbocycles. The molecule has 2 aromatic heterocycles. The van der Waals surface area contributed by atoms with Crippen LogP contribution in [0, 0.1) is 10.1 Å². The molecule has 22 heavy (non-hydrogen) atoms. The number of nitrogens with zero attached hydrogens (tertiary/aromatic N) is 4. The second-order valence-corrected chi connectivity index (χ2v) is 4.99. The molecule has 2 heterocycles. The molecule has 8 heteroatoms. The fourth-order valence-corrected chi connectivity index (χ4v) is 2.47. The van der Waals surface area contributed by atoms with Crippen molar-refractivity contribution in [3.05, 3.63) is 45.9 Å². The normalized spacial score (nSPS) is 11.0. The highest BCUT2D eigenvalue weighted by atomic mass is 16.6. The summed E-state index contributed by atoms with van der Waals surface area (Å²) in [5.41, 5.74) is 3.37. The summed E-state index contributed by atoms with van der Waals surface area (Å²) in [6, 6.07) is 5.83. The number of aryl methyl sites for hydroxylation is 2. The maximum atomic E-state index is 11.3. The van der Waals surface area contributed by atoms with Crippen LogP contribution in [0.3, 0.4) is 0 Å². The number of imidazole rings is 1. The van der Waals surface area contributed by atoms with Crippen LogP contribution in [0.15, 0.2) is 24.5 Å². The number of anilines is 1. The highest BCUT2D eigenvalue weighted by molar-refractivity contribution is 5.75. The molecule has 0 saturated heterocycles. The lowest BCUT2D eigenvalue weighted by Gasteiger charge is -2.06. The zero-order chi connectivity index (χ0) is 15.7. The Morgan fingerprint density at radius 3 is 3.00 bits per heavy atom. The standard InChI is InChI=1S/C14H16N6O2/c1-3-10-13(20(21)22)14(19(2)18-10)15-7-9-4-5-11-12(6-9)17-8-16-11/h4-6,8,15H,3,7H2,1-2H3,(H,16,17). The average Bonchev–Trinajstić information content (AvgIpc) is 3.08. The van der Waals surface area contributed by atoms with Gasteiger partial charge in [0.1, 0.15) is 5.69 Å². The van der Waals surface area contributed by atoms with E-state index in [2.05, 4.69) is 20.4 Å². The number of fused-ring (bicyclic) bond motifs is 1. The van der Waals surface area contributed by atoms with Crippen LogP contribution < -0.4 is 5.32 Å². The molecule has 114 valence electrons. The quantitative estimate of drug-likeness (QED) is 0.556. The largest absolute Gasteiger partial charge is 0.360 e. The molecule has 2 N–H and O–H groups in total. The summed E-state index contributed by atoms with van der Waals surface area (Å²) < 4.78 is 1.52. The van der Waals surface area contributed by atoms with Crippen LogP contribution in [-0.4, -0.2) is 24.7 Å². The molecule has 0 fully saturated rings. The number of nitro groups is 1. The predicted molar refractivity (Wildman–Crippen MR) is 82.7 cm³/mol. The SMILES string of the molecule is CCc1nn(C)c(NCc2ccc3nc[nH]c3c2)c1[N+](=O)[O-]. The Bertz CT molecular complexity index is 835. The smallest absolute Gasteiger partial charge is 0.333 e. The van der Waals surface area contributed by atoms with Crippen LogP contribution in [0.25, 0.3) is 11.0 Å². The summed E-state index contributed by atoms with van der Waals surface area (Å²) in [5, 5.41) is 18.6. The fraction of sp³-hybridized carbons (Fsp3) is 0.286. The zero-order valence-electron chi connectivity index (χ0n) is 12.3. The number of nitrogens with one attached hydrogen (secondary N) is 2. The van der Waals surface area contributed by atoms with Gasteiger partial charge in [0.15, 0.2) is 0 Å². The Kier molecular flexibility index (Phi) is 3.50. The van der Waals surface area contributed by atoms with Crippen molar-refractivity contribution in [3.8, 4) is 0 Å². The number of hydrogen-bond acceptors (Lipinski definition) is 5. The van der Waals surface area contributed by atoms with Gasteiger partial charge in [-0.05, 0) is 24.1 Å². The van der Waals surface area contributed by atoms with Gasteiger partial charge in [-0.3, -0.25) is 10.1 Å². The van der Waals surface area contributed by atoms with Gasteiger partial charge >= 0.3 is 5.69 Å². The number of rotatable bonds is 5. The minimum absolute atomic E-state index is 0.0487. The molecular formula is C14H16N6O2. The van der Waals surface area contributed by atoms with Crippen LogP contribution in [0.4, 0.5) is 11.5 Å². The lowest BCUT2D eigenvalue weighted by molar-refractivity contribution is -0.384. The van der Waals surface area contributed by atoms with E-state index in [9.17, 15) is 10.1 Å². The molecule has 0 aliphatic carbocycles. The van der Waals surface area contributed by atoms with Crippen LogP contribution in [0.5, 0.6) is 0 Å². The van der Waals surface area contributed by atoms with Gasteiger partial charge in [0.05, 0.1) is 22.3 Å². The second kappa shape index (κ2) is 5.47. The molecule has 0 aliphatic rings. The summed E-state index contributed by atoms with van der Waals surface area (Å²) in [6.07, 6.45) is 2.16. The molecular weight excluding hydrogens is 284 g/mol. The van der Waals surface area contributed by atoms with Crippen molar-refractivity contribution < 1.29 is 4.92 Å². The summed E-state index contributed by atoms with van der Waals surface area (Å²) in [6.45, 7) is 2.32. The van der Waals surface area contributed by atoms with Crippen molar-refractivity contribution in [3.63, 3.8) is 0 Å². The predicted octanol–water partition coefficient (Wildman–Crippen LogP) is 2.38. The van der Waals surface area contributed by atoms with E-state index in [-0.39, 0.29) is 10.6 Å². The van der Waals surface area contributed by atoms with Crippen molar-refractivity contribution in [1.29, 1.82) is 0 Å². The van der Waals surface area contributed by atoms with Gasteiger partial charge in [0.2, 0.25) is 5.82 Å². The molecule has 0 aliphatic heterocycles. The van der Waals surface area contributed by atoms with Crippen molar-refractivity contribution in [2.24, 2.45) is 7.05 Å². The Hall–Kier alpha value is -2.90. The van der Waals surface area contributed by atoms with Crippen molar-refractivity contribution in [1.82, 2.24) is 19.7 Å². The van der Waals surface area contributed by atoms with E-state index >= 15 is 0 Å². The summed E-state index contributed by atoms with van der Waals surface area (Å²) in [5.74, 6) is 0.423. The lowest BCUT2D eigenvalue weighted by Crippen LogP contribution is -2.06. The van der Waals surface area contributed by atoms with Crippen LogP contribution in [-0.2, 0) is 20.0 Å². The van der Waals surface area contributed by atoms with Crippen molar-refractivity contribution >= 4 is 22.5 Å². The highest BCUT2D eigenvalue weighted by Crippen LogP contribution is 2.28. The third-order valence-corrected chi connectivity index (χ3v) is 3.55. The average molecular weight is 300 g/mol. The Morgan fingerprint density at radius 1 is 1.45 bits per heavy atom. The first kappa shape index (κ1) is 14.1. The van der Waals surface area contributed by atoms with E-state index in [1.807, 2.05) is 25.1 Å². The molecule has 0 spiro atoms. The van der Waals surface area contributed by atoms with Crippen molar-refractivity contribution in [2.45, 2.75) is 19.9 Å². The monoisotopic (exact) mass is 300 g/mol. The topological polar surface area (TPSA) is 102 Å². The van der Waals surface area contributed by atoms with E-state index < -0.39 is 0 Å². The maximum Gasteiger partial charge on any atom is 0.333 e. The first-order chi connectivity index (χ1) is 10.6. The van der Waals surface area contributed by atoms with Gasteiger partial charge in [-0.2, -0.15) is 5.10 Å². The van der Waals surface area contributed by atoms with Gasteiger partial charge < -0.3 is 10.3 Å². The number of benzene rings is 1. The minimum Gasteiger partial charge on any atom is -0.360 e. The van der Waals surface area contributed by atoms with Crippen molar-refractivity contribution in [2.75, 3.05) is 5.32 Å². The summed E-state index contributed by atoms with van der Waals surface area (Å²) in [4.78, 5) is 18.1. The molecule has 0 radical (unpaired) electrons. The van der Waals surface area contributed by atoms with E-state index in [1.54, 1.807) is 13.4 Å². The van der Waals surface area contributed by atoms with E-state index in [0.29, 0.717) is 24.5 Å². The molecule has 0 atom stereocenters. The third kappa shape index (κ3) is 2.39. The molecule has 0 bridgehead atoms. The second-order valence-electron chi connectivity index (χ2n) is 4.99. The maximum absolute atomic E-state index is 11.3. The van der Waals surface area contributed by atoms with Gasteiger partial charge in [0.25, 0.3) is 0 Å². The highest BCUT2D eigenvalue weighted by Gasteiger charge is 2.25. The molecule has 3 rings (SSSR count). The van der Waals surface area contributed by atoms with Gasteiger partial charge in [-0.1, -0.05) is 13.0 Å². The van der Waals surface area contributed by atoms with Crippen LogP contribution in [0.1, 0.15) is 18.2 Å². The molecule has 3 aromatic rings. The molecule has 8 nitrogen and oxygen atoms in total. The Morgan fingerprint density at radius 2 is 2.27 bits per heavy atom. The molecule has 1 aromatic carbocycles. The Balaban J connectivity index is 1.86. The van der Waals surface area contributed by atoms with Crippen LogP contribution in [0.2, 0.25) is 0 Å². The summed E-state index contributed by atoms with van der Waals surface area (Å²) in [7, 11) is 1.70. The number of aromatic nitrogens is 4. The fourth-order valence-electron chi connectivity index (χ4n) is 2.47. The first-order valence-corrected chi connectivity index (χ1v) is 6.96. The number of H-pyrrole nitrogens is 1. The van der Waals surface area contributed by atoms with E-state index in [0.717, 1.165) is 16.6 Å². The van der Waals surface area contributed by atoms with Gasteiger partial charge in [-0.15, -0.1) is 0 Å². The van der Waals surface area contributed by atoms with E-state index in [4.69, 9.17) is 0 Å². The van der Waals surface area contributed by atoms with Gasteiger partial charge in [-0.25, -0.2) is 9.67 Å². The van der Waals surface area contributed by atoms with E-state index in [1.165, 1.54) is 4.68 Å². The molecule has 0 amide bonds. The molecule has 0 unspecified atom stereocenters. The first-order valence-electron chi connectivity index (χ1n) is 6.96. The minimum atomic E-state index is -0.383. The zero-order valence-corrected chi connectivity index (χ0v) is 12.3. The number of aromatic amines is 1. The third-order valence-electron chi connectivity index (χ3n) is 3.55. The summed E-state index contributed by atoms with van der Waals surface area (Å²) >= 11 is 0. The van der Waals surface area contributed by atoms with Crippen LogP contribution >= 0.6 is 0 Å². The van der Waals surface area contributed by atoms with Gasteiger partial charge in [0, 0.05) is 13.6 Å².